The smallest absolute Gasteiger partial charge is 0.234 e. The highest BCUT2D eigenvalue weighted by Gasteiger charge is 2.12. The lowest BCUT2D eigenvalue weighted by atomic mass is 10.3. The number of benzene rings is 2. The van der Waals surface area contributed by atoms with Crippen molar-refractivity contribution in [2.75, 3.05) is 35.4 Å². The second-order valence-electron chi connectivity index (χ2n) is 5.63. The van der Waals surface area contributed by atoms with Crippen LogP contribution in [0.4, 0.5) is 11.4 Å². The zero-order valence-electron chi connectivity index (χ0n) is 14.2. The van der Waals surface area contributed by atoms with Crippen LogP contribution in [0.1, 0.15) is 6.42 Å². The second kappa shape index (κ2) is 9.15. The van der Waals surface area contributed by atoms with Gasteiger partial charge in [0.1, 0.15) is 11.5 Å². The molecule has 0 unspecified atom stereocenters. The fourth-order valence-electron chi connectivity index (χ4n) is 2.42. The predicted octanol–water partition coefficient (Wildman–Crippen LogP) is 3.16. The van der Waals surface area contributed by atoms with E-state index in [1.807, 2.05) is 36.4 Å². The molecule has 3 rings (SSSR count). The summed E-state index contributed by atoms with van der Waals surface area (Å²) in [4.78, 5) is 24.2. The van der Waals surface area contributed by atoms with Gasteiger partial charge in [-0.15, -0.1) is 11.8 Å². The van der Waals surface area contributed by atoms with Gasteiger partial charge in [-0.1, -0.05) is 24.3 Å². The van der Waals surface area contributed by atoms with Gasteiger partial charge >= 0.3 is 0 Å². The van der Waals surface area contributed by atoms with Crippen molar-refractivity contribution in [2.45, 2.75) is 6.42 Å². The molecule has 0 bridgehead atoms. The highest BCUT2D eigenvalue weighted by Crippen LogP contribution is 2.26. The van der Waals surface area contributed by atoms with Crippen molar-refractivity contribution >= 4 is 35.0 Å². The number of anilines is 2. The lowest BCUT2D eigenvalue weighted by Crippen LogP contribution is -2.19. The van der Waals surface area contributed by atoms with Gasteiger partial charge in [0.15, 0.2) is 0 Å². The molecule has 1 aliphatic heterocycles. The number of nitrogens with one attached hydrogen (secondary N) is 2. The van der Waals surface area contributed by atoms with Crippen LogP contribution in [-0.2, 0) is 9.59 Å². The molecule has 2 N–H and O–H groups in total. The third kappa shape index (κ3) is 5.16. The van der Waals surface area contributed by atoms with Gasteiger partial charge < -0.3 is 20.1 Å². The van der Waals surface area contributed by atoms with Crippen molar-refractivity contribution in [3.8, 4) is 11.5 Å². The highest BCUT2D eigenvalue weighted by atomic mass is 32.2. The van der Waals surface area contributed by atoms with Crippen LogP contribution in [0.15, 0.2) is 48.5 Å². The molecular formula is C19H20N2O4S. The fourth-order valence-corrected chi connectivity index (χ4v) is 3.04. The molecule has 2 amide bonds. The Kier molecular flexibility index (Phi) is 6.38. The van der Waals surface area contributed by atoms with Gasteiger partial charge in [0.05, 0.1) is 36.1 Å². The first-order valence-electron chi connectivity index (χ1n) is 8.33. The van der Waals surface area contributed by atoms with Gasteiger partial charge in [0.25, 0.3) is 0 Å². The number of para-hydroxylation sites is 4. The number of thioether (sulfide) groups is 1. The maximum atomic E-state index is 12.1. The first-order chi connectivity index (χ1) is 12.7. The number of ether oxygens (including phenoxy) is 2. The average molecular weight is 372 g/mol. The monoisotopic (exact) mass is 372 g/mol. The van der Waals surface area contributed by atoms with Gasteiger partial charge in [-0.05, 0) is 24.3 Å². The Bertz CT molecular complexity index is 718. The van der Waals surface area contributed by atoms with E-state index in [1.165, 1.54) is 11.8 Å². The van der Waals surface area contributed by atoms with Crippen molar-refractivity contribution in [1.29, 1.82) is 0 Å². The Balaban J connectivity index is 1.73. The molecule has 0 fully saturated rings. The third-order valence-corrected chi connectivity index (χ3v) is 4.53. The Morgan fingerprint density at radius 3 is 1.69 bits per heavy atom. The van der Waals surface area contributed by atoms with Crippen molar-refractivity contribution in [1.82, 2.24) is 0 Å². The normalized spacial score (nSPS) is 16.2. The molecule has 0 aliphatic carbocycles. The van der Waals surface area contributed by atoms with Crippen LogP contribution < -0.4 is 20.1 Å². The molecule has 0 spiro atoms. The summed E-state index contributed by atoms with van der Waals surface area (Å²) in [5.74, 6) is 1.26. The Labute approximate surface area is 156 Å². The zero-order valence-corrected chi connectivity index (χ0v) is 15.0. The molecule has 0 saturated carbocycles. The maximum absolute atomic E-state index is 12.1. The van der Waals surface area contributed by atoms with Crippen LogP contribution in [-0.4, -0.2) is 36.5 Å². The summed E-state index contributed by atoms with van der Waals surface area (Å²) >= 11 is 1.25. The minimum Gasteiger partial charge on any atom is -0.491 e. The first-order valence-corrected chi connectivity index (χ1v) is 9.49. The highest BCUT2D eigenvalue weighted by molar-refractivity contribution is 8.00. The summed E-state index contributed by atoms with van der Waals surface area (Å²) < 4.78 is 11.5. The number of rotatable bonds is 0. The lowest BCUT2D eigenvalue weighted by molar-refractivity contribution is -0.114. The topological polar surface area (TPSA) is 76.7 Å². The summed E-state index contributed by atoms with van der Waals surface area (Å²) in [7, 11) is 0. The van der Waals surface area contributed by atoms with Crippen molar-refractivity contribution in [3.63, 3.8) is 0 Å². The lowest BCUT2D eigenvalue weighted by Gasteiger charge is -2.15. The van der Waals surface area contributed by atoms with Crippen molar-refractivity contribution in [3.05, 3.63) is 48.5 Å². The number of amides is 2. The average Bonchev–Trinajstić information content (AvgIpc) is 2.63. The number of fused-ring (bicyclic) bond motifs is 2. The quantitative estimate of drug-likeness (QED) is 0.743. The number of carbonyl (C=O) groups is 2. The second-order valence-corrected chi connectivity index (χ2v) is 6.62. The molecule has 1 heterocycles. The van der Waals surface area contributed by atoms with Crippen LogP contribution in [0.25, 0.3) is 0 Å². The molecular weight excluding hydrogens is 352 g/mol. The van der Waals surface area contributed by atoms with Gasteiger partial charge in [0.2, 0.25) is 11.8 Å². The molecule has 7 heteroatoms. The van der Waals surface area contributed by atoms with E-state index in [2.05, 4.69) is 10.6 Å². The van der Waals surface area contributed by atoms with E-state index in [0.717, 1.165) is 0 Å². The minimum atomic E-state index is -0.172. The van der Waals surface area contributed by atoms with E-state index in [1.54, 1.807) is 12.1 Å². The van der Waals surface area contributed by atoms with Gasteiger partial charge in [-0.3, -0.25) is 9.59 Å². The van der Waals surface area contributed by atoms with Gasteiger partial charge in [-0.2, -0.15) is 0 Å². The minimum absolute atomic E-state index is 0.172. The molecule has 1 aliphatic rings. The number of hydrogen-bond acceptors (Lipinski definition) is 5. The summed E-state index contributed by atoms with van der Waals surface area (Å²) in [5.41, 5.74) is 1.25. The van der Waals surface area contributed by atoms with Crippen LogP contribution in [0.3, 0.4) is 0 Å². The molecule has 136 valence electrons. The summed E-state index contributed by atoms with van der Waals surface area (Å²) in [6, 6.07) is 14.6. The van der Waals surface area contributed by atoms with E-state index >= 15 is 0 Å². The molecule has 6 nitrogen and oxygen atoms in total. The van der Waals surface area contributed by atoms with E-state index in [4.69, 9.17) is 9.47 Å². The predicted molar refractivity (Wildman–Crippen MR) is 103 cm³/mol. The molecule has 0 aromatic heterocycles. The largest absolute Gasteiger partial charge is 0.491 e. The summed E-state index contributed by atoms with van der Waals surface area (Å²) in [5, 5.41) is 5.65. The van der Waals surface area contributed by atoms with Gasteiger partial charge in [0, 0.05) is 6.42 Å². The molecule has 0 radical (unpaired) electrons. The fraction of sp³-hybridized carbons (Fsp3) is 0.263. The van der Waals surface area contributed by atoms with Crippen molar-refractivity contribution < 1.29 is 19.1 Å². The van der Waals surface area contributed by atoms with E-state index in [9.17, 15) is 9.59 Å². The first kappa shape index (κ1) is 18.1. The summed E-state index contributed by atoms with van der Waals surface area (Å²) in [6.45, 7) is 0.909. The van der Waals surface area contributed by atoms with Crippen molar-refractivity contribution in [2.24, 2.45) is 0 Å². The Hall–Kier alpha value is -2.67. The molecule has 26 heavy (non-hydrogen) atoms. The van der Waals surface area contributed by atoms with Crippen LogP contribution in [0, 0.1) is 0 Å². The maximum Gasteiger partial charge on any atom is 0.234 e. The van der Waals surface area contributed by atoms with Crippen LogP contribution >= 0.6 is 11.8 Å². The molecule has 0 atom stereocenters. The standard InChI is InChI=1S/C19H20N2O4S/c22-18-12-26-13-19(23)21-15-7-2-4-9-17(15)25-11-5-10-24-16-8-3-1-6-14(16)20-18/h1-4,6-9H,5,10-13H2,(H,20,22)(H,21,23). The Morgan fingerprint density at radius 2 is 1.19 bits per heavy atom. The molecule has 2 aromatic carbocycles. The van der Waals surface area contributed by atoms with Crippen LogP contribution in [0.5, 0.6) is 11.5 Å². The number of carbonyl (C=O) groups excluding carboxylic acids is 2. The summed E-state index contributed by atoms with van der Waals surface area (Å²) in [6.07, 6.45) is 0.667. The van der Waals surface area contributed by atoms with E-state index < -0.39 is 0 Å². The number of hydrogen-bond donors (Lipinski definition) is 2. The molecule has 2 aromatic rings. The van der Waals surface area contributed by atoms with E-state index in [-0.39, 0.29) is 23.3 Å². The van der Waals surface area contributed by atoms with E-state index in [0.29, 0.717) is 42.5 Å². The SMILES string of the molecule is O=C1CSCC(=O)Nc2ccccc2OCCCOc2ccccc2N1. The Morgan fingerprint density at radius 1 is 0.731 bits per heavy atom. The zero-order chi connectivity index (χ0) is 18.2. The van der Waals surface area contributed by atoms with Crippen LogP contribution in [0.2, 0.25) is 0 Å². The third-order valence-electron chi connectivity index (χ3n) is 3.59. The molecule has 0 saturated heterocycles. The van der Waals surface area contributed by atoms with Gasteiger partial charge in [-0.25, -0.2) is 0 Å².